The van der Waals surface area contributed by atoms with Gasteiger partial charge in [-0.2, -0.15) is 0 Å². The number of pyridine rings is 1. The Labute approximate surface area is 105 Å². The summed E-state index contributed by atoms with van der Waals surface area (Å²) in [6.07, 6.45) is 3.57. The summed E-state index contributed by atoms with van der Waals surface area (Å²) >= 11 is 0. The molecule has 0 spiro atoms. The van der Waals surface area contributed by atoms with Gasteiger partial charge in [0.2, 0.25) is 0 Å². The highest BCUT2D eigenvalue weighted by molar-refractivity contribution is 5.85. The second-order valence-electron chi connectivity index (χ2n) is 3.35. The van der Waals surface area contributed by atoms with Crippen LogP contribution >= 0.6 is 0 Å². The van der Waals surface area contributed by atoms with E-state index < -0.39 is 5.97 Å². The minimum absolute atomic E-state index is 0.158. The topological polar surface area (TPSA) is 89.5 Å². The fraction of sp³-hybridized carbons (Fsp3) is 0.0769. The predicted molar refractivity (Wildman–Crippen MR) is 64.7 cm³/mol. The molecule has 0 aliphatic carbocycles. The van der Waals surface area contributed by atoms with E-state index in [1.807, 2.05) is 0 Å². The summed E-state index contributed by atoms with van der Waals surface area (Å²) < 4.78 is 4.84. The molecule has 0 bridgehead atoms. The number of ether oxygens (including phenoxy) is 1. The number of nitrogens with one attached hydrogen (secondary N) is 1. The summed E-state index contributed by atoms with van der Waals surface area (Å²) in [5, 5.41) is 10.2. The molecule has 18 heavy (non-hydrogen) atoms. The summed E-state index contributed by atoms with van der Waals surface area (Å²) in [5.74, 6) is -0.539. The fourth-order valence-corrected chi connectivity index (χ4v) is 1.13. The van der Waals surface area contributed by atoms with Crippen LogP contribution in [0.5, 0.6) is 5.75 Å². The Kier molecular flexibility index (Phi) is 5.18. The van der Waals surface area contributed by atoms with Gasteiger partial charge in [-0.3, -0.25) is 0 Å². The molecule has 3 N–H and O–H groups in total. The number of anilines is 1. The number of aromatic amines is 1. The highest BCUT2D eigenvalue weighted by Gasteiger charge is 1.92. The van der Waals surface area contributed by atoms with E-state index in [0.717, 1.165) is 5.69 Å². The van der Waals surface area contributed by atoms with Crippen molar-refractivity contribution >= 4 is 11.7 Å². The van der Waals surface area contributed by atoms with Crippen LogP contribution in [0.2, 0.25) is 0 Å². The molecule has 2 rings (SSSR count). The summed E-state index contributed by atoms with van der Waals surface area (Å²) in [6.45, 7) is 0. The molecule has 94 valence electrons. The Morgan fingerprint density at radius 1 is 1.17 bits per heavy atom. The maximum absolute atomic E-state index is 10.2. The SMILES string of the molecule is COc1ccc(C(=O)[O-])cc1.Nc1cc[nH+]cc1. The van der Waals surface area contributed by atoms with E-state index in [-0.39, 0.29) is 5.56 Å². The highest BCUT2D eigenvalue weighted by atomic mass is 16.5. The van der Waals surface area contributed by atoms with Crippen LogP contribution in [0.1, 0.15) is 10.4 Å². The van der Waals surface area contributed by atoms with E-state index in [9.17, 15) is 9.90 Å². The number of aromatic carboxylic acids is 1. The maximum atomic E-state index is 10.2. The second kappa shape index (κ2) is 6.90. The first kappa shape index (κ1) is 13.5. The molecule has 0 radical (unpaired) electrons. The van der Waals surface area contributed by atoms with Crippen LogP contribution in [0.25, 0.3) is 0 Å². The number of carbonyl (C=O) groups is 1. The maximum Gasteiger partial charge on any atom is 0.169 e. The zero-order chi connectivity index (χ0) is 13.4. The first-order chi connectivity index (χ1) is 8.63. The molecule has 1 aromatic carbocycles. The van der Waals surface area contributed by atoms with Gasteiger partial charge in [0, 0.05) is 17.8 Å². The van der Waals surface area contributed by atoms with Crippen LogP contribution < -0.4 is 20.6 Å². The third kappa shape index (κ3) is 4.52. The number of carboxylic acids is 1. The first-order valence-electron chi connectivity index (χ1n) is 5.20. The van der Waals surface area contributed by atoms with Gasteiger partial charge in [-0.15, -0.1) is 0 Å². The summed E-state index contributed by atoms with van der Waals surface area (Å²) in [6, 6.07) is 9.64. The van der Waals surface area contributed by atoms with Crippen LogP contribution in [0.4, 0.5) is 5.69 Å². The van der Waals surface area contributed by atoms with E-state index in [4.69, 9.17) is 10.5 Å². The monoisotopic (exact) mass is 246 g/mol. The molecular formula is C13H14N2O3. The van der Waals surface area contributed by atoms with Gasteiger partial charge in [0.15, 0.2) is 12.4 Å². The molecule has 0 amide bonds. The fourth-order valence-electron chi connectivity index (χ4n) is 1.13. The van der Waals surface area contributed by atoms with Crippen molar-refractivity contribution in [2.75, 3.05) is 12.8 Å². The second-order valence-corrected chi connectivity index (χ2v) is 3.35. The zero-order valence-electron chi connectivity index (χ0n) is 9.92. The van der Waals surface area contributed by atoms with Gasteiger partial charge in [0.25, 0.3) is 0 Å². The lowest BCUT2D eigenvalue weighted by atomic mass is 10.2. The van der Waals surface area contributed by atoms with Gasteiger partial charge < -0.3 is 20.4 Å². The molecule has 0 atom stereocenters. The lowest BCUT2D eigenvalue weighted by Gasteiger charge is -2.02. The standard InChI is InChI=1S/C8H8O3.C5H6N2/c1-11-7-4-2-6(3-5-7)8(9)10;6-5-1-3-7-4-2-5/h2-5H,1H3,(H,9,10);1-4H,(H2,6,7). The molecule has 0 saturated carbocycles. The van der Waals surface area contributed by atoms with Crippen molar-refractivity contribution in [3.05, 3.63) is 54.4 Å². The van der Waals surface area contributed by atoms with E-state index in [1.165, 1.54) is 19.2 Å². The number of hydrogen-bond acceptors (Lipinski definition) is 4. The van der Waals surface area contributed by atoms with E-state index in [0.29, 0.717) is 5.75 Å². The molecule has 0 saturated heterocycles. The number of benzene rings is 1. The third-order valence-corrected chi connectivity index (χ3v) is 2.07. The van der Waals surface area contributed by atoms with E-state index in [2.05, 4.69) is 4.98 Å². The van der Waals surface area contributed by atoms with Crippen molar-refractivity contribution in [3.8, 4) is 5.75 Å². The lowest BCUT2D eigenvalue weighted by molar-refractivity contribution is -0.377. The number of methoxy groups -OCH3 is 1. The summed E-state index contributed by atoms with van der Waals surface area (Å²) in [4.78, 5) is 13.1. The molecule has 0 aliphatic heterocycles. The van der Waals surface area contributed by atoms with Gasteiger partial charge in [0.1, 0.15) is 5.75 Å². The van der Waals surface area contributed by atoms with Crippen LogP contribution in [-0.2, 0) is 0 Å². The van der Waals surface area contributed by atoms with Gasteiger partial charge in [-0.1, -0.05) is 0 Å². The number of nitrogens with two attached hydrogens (primary N) is 1. The van der Waals surface area contributed by atoms with Crippen molar-refractivity contribution in [3.63, 3.8) is 0 Å². The van der Waals surface area contributed by atoms with Crippen LogP contribution in [0.15, 0.2) is 48.8 Å². The normalized spacial score (nSPS) is 8.94. The Morgan fingerprint density at radius 3 is 2.06 bits per heavy atom. The largest absolute Gasteiger partial charge is 0.545 e. The number of carbonyl (C=O) groups excluding carboxylic acids is 1. The molecule has 0 aliphatic rings. The number of aromatic nitrogens is 1. The Bertz CT molecular complexity index is 483. The van der Waals surface area contributed by atoms with Crippen molar-refractivity contribution in [2.24, 2.45) is 0 Å². The number of hydrogen-bond donors (Lipinski definition) is 1. The molecule has 0 unspecified atom stereocenters. The van der Waals surface area contributed by atoms with Crippen LogP contribution in [0.3, 0.4) is 0 Å². The summed E-state index contributed by atoms with van der Waals surface area (Å²) in [5.41, 5.74) is 6.29. The smallest absolute Gasteiger partial charge is 0.169 e. The molecule has 5 heteroatoms. The van der Waals surface area contributed by atoms with Gasteiger partial charge in [-0.25, -0.2) is 4.98 Å². The molecule has 1 heterocycles. The number of carboxylic acid groups (broad SMARTS) is 1. The third-order valence-electron chi connectivity index (χ3n) is 2.07. The van der Waals surface area contributed by atoms with Crippen molar-refractivity contribution in [1.82, 2.24) is 0 Å². The Hall–Kier alpha value is -2.56. The average molecular weight is 246 g/mol. The highest BCUT2D eigenvalue weighted by Crippen LogP contribution is 2.10. The molecular weight excluding hydrogens is 232 g/mol. The first-order valence-corrected chi connectivity index (χ1v) is 5.20. The van der Waals surface area contributed by atoms with Crippen LogP contribution in [0, 0.1) is 0 Å². The van der Waals surface area contributed by atoms with Crippen molar-refractivity contribution in [2.45, 2.75) is 0 Å². The van der Waals surface area contributed by atoms with E-state index in [1.54, 1.807) is 36.7 Å². The molecule has 0 fully saturated rings. The Balaban J connectivity index is 0.000000199. The minimum atomic E-state index is -1.17. The lowest BCUT2D eigenvalue weighted by Crippen LogP contribution is -2.21. The minimum Gasteiger partial charge on any atom is -0.545 e. The number of nitrogen functional groups attached to an aromatic ring is 1. The van der Waals surface area contributed by atoms with Crippen molar-refractivity contribution < 1.29 is 19.6 Å². The molecule has 5 nitrogen and oxygen atoms in total. The van der Waals surface area contributed by atoms with E-state index >= 15 is 0 Å². The summed E-state index contributed by atoms with van der Waals surface area (Å²) in [7, 11) is 1.52. The zero-order valence-corrected chi connectivity index (χ0v) is 9.92. The van der Waals surface area contributed by atoms with Gasteiger partial charge >= 0.3 is 0 Å². The van der Waals surface area contributed by atoms with Gasteiger partial charge in [0.05, 0.1) is 13.1 Å². The molecule has 2 aromatic rings. The number of H-pyrrole nitrogens is 1. The Morgan fingerprint density at radius 2 is 1.72 bits per heavy atom. The average Bonchev–Trinajstić information content (AvgIpc) is 2.40. The van der Waals surface area contributed by atoms with Gasteiger partial charge in [-0.05, 0) is 29.8 Å². The molecule has 1 aromatic heterocycles. The quantitative estimate of drug-likeness (QED) is 0.816. The number of rotatable bonds is 2. The van der Waals surface area contributed by atoms with Crippen molar-refractivity contribution in [1.29, 1.82) is 0 Å². The predicted octanol–water partition coefficient (Wildman–Crippen LogP) is 0.142. The van der Waals surface area contributed by atoms with Crippen LogP contribution in [-0.4, -0.2) is 13.1 Å².